The molecule has 0 aliphatic carbocycles. The van der Waals surface area contributed by atoms with Gasteiger partial charge in [-0.3, -0.25) is 4.79 Å². The molecule has 0 aromatic rings. The van der Waals surface area contributed by atoms with Crippen molar-refractivity contribution in [2.75, 3.05) is 20.1 Å². The van der Waals surface area contributed by atoms with Gasteiger partial charge >= 0.3 is 0 Å². The molecule has 1 fully saturated rings. The van der Waals surface area contributed by atoms with E-state index in [9.17, 15) is 4.79 Å². The lowest BCUT2D eigenvalue weighted by atomic mass is 9.97. The van der Waals surface area contributed by atoms with Crippen LogP contribution in [0.2, 0.25) is 0 Å². The predicted octanol–water partition coefficient (Wildman–Crippen LogP) is 1.63. The zero-order valence-corrected chi connectivity index (χ0v) is 10.3. The molecular weight excluding hydrogens is 188 g/mol. The molecule has 2 atom stereocenters. The monoisotopic (exact) mass is 212 g/mol. The van der Waals surface area contributed by atoms with E-state index in [0.29, 0.717) is 11.9 Å². The van der Waals surface area contributed by atoms with E-state index >= 15 is 0 Å². The average Bonchev–Trinajstić information content (AvgIpc) is 2.28. The maximum absolute atomic E-state index is 12.1. The first-order chi connectivity index (χ1) is 7.16. The number of carbonyl (C=O) groups is 1. The second-order valence-corrected chi connectivity index (χ2v) is 4.63. The van der Waals surface area contributed by atoms with Gasteiger partial charge in [0, 0.05) is 19.6 Å². The number of hydrogen-bond donors (Lipinski definition) is 1. The zero-order chi connectivity index (χ0) is 11.3. The second-order valence-electron chi connectivity index (χ2n) is 4.63. The van der Waals surface area contributed by atoms with Crippen molar-refractivity contribution in [2.45, 2.75) is 45.6 Å². The van der Waals surface area contributed by atoms with Crippen molar-refractivity contribution in [3.63, 3.8) is 0 Å². The Morgan fingerprint density at radius 3 is 2.87 bits per heavy atom. The van der Waals surface area contributed by atoms with Crippen molar-refractivity contribution in [3.8, 4) is 0 Å². The number of amides is 1. The summed E-state index contributed by atoms with van der Waals surface area (Å²) >= 11 is 0. The fraction of sp³-hybridized carbons (Fsp3) is 0.917. The maximum atomic E-state index is 12.1. The summed E-state index contributed by atoms with van der Waals surface area (Å²) in [7, 11) is 1.94. The first kappa shape index (κ1) is 12.5. The zero-order valence-electron chi connectivity index (χ0n) is 10.3. The Bertz CT molecular complexity index is 200. The van der Waals surface area contributed by atoms with E-state index in [1.807, 2.05) is 11.9 Å². The van der Waals surface area contributed by atoms with E-state index < -0.39 is 0 Å². The Kier molecular flexibility index (Phi) is 5.09. The van der Waals surface area contributed by atoms with Gasteiger partial charge in [0.25, 0.3) is 0 Å². The normalized spacial score (nSPS) is 23.5. The lowest BCUT2D eigenvalue weighted by Crippen LogP contribution is -2.44. The van der Waals surface area contributed by atoms with Crippen LogP contribution < -0.4 is 5.32 Å². The van der Waals surface area contributed by atoms with Gasteiger partial charge < -0.3 is 10.2 Å². The van der Waals surface area contributed by atoms with Crippen LogP contribution in [0.25, 0.3) is 0 Å². The third-order valence-corrected chi connectivity index (χ3v) is 3.36. The molecule has 1 aliphatic heterocycles. The fourth-order valence-corrected chi connectivity index (χ4v) is 2.18. The minimum atomic E-state index is 0.211. The minimum Gasteiger partial charge on any atom is -0.343 e. The Morgan fingerprint density at radius 1 is 1.60 bits per heavy atom. The Labute approximate surface area is 93.2 Å². The highest BCUT2D eigenvalue weighted by Crippen LogP contribution is 2.15. The number of hydrogen-bond acceptors (Lipinski definition) is 2. The van der Waals surface area contributed by atoms with Crippen molar-refractivity contribution in [3.05, 3.63) is 0 Å². The van der Waals surface area contributed by atoms with Crippen LogP contribution in [0.3, 0.4) is 0 Å². The predicted molar refractivity (Wildman–Crippen MR) is 62.7 cm³/mol. The van der Waals surface area contributed by atoms with Crippen LogP contribution in [0.4, 0.5) is 0 Å². The van der Waals surface area contributed by atoms with Gasteiger partial charge in [-0.1, -0.05) is 13.3 Å². The number of nitrogens with one attached hydrogen (secondary N) is 1. The van der Waals surface area contributed by atoms with Crippen molar-refractivity contribution in [1.82, 2.24) is 10.2 Å². The third-order valence-electron chi connectivity index (χ3n) is 3.36. The Morgan fingerprint density at radius 2 is 2.33 bits per heavy atom. The highest BCUT2D eigenvalue weighted by Gasteiger charge is 2.25. The summed E-state index contributed by atoms with van der Waals surface area (Å²) < 4.78 is 0. The van der Waals surface area contributed by atoms with Gasteiger partial charge in [-0.15, -0.1) is 0 Å². The van der Waals surface area contributed by atoms with E-state index in [1.54, 1.807) is 0 Å². The summed E-state index contributed by atoms with van der Waals surface area (Å²) in [6.45, 7) is 6.23. The summed E-state index contributed by atoms with van der Waals surface area (Å²) in [6, 6.07) is 0.379. The molecule has 0 spiro atoms. The van der Waals surface area contributed by atoms with Gasteiger partial charge in [-0.25, -0.2) is 0 Å². The molecule has 1 unspecified atom stereocenters. The quantitative estimate of drug-likeness (QED) is 0.768. The summed E-state index contributed by atoms with van der Waals surface area (Å²) in [5, 5.41) is 3.29. The maximum Gasteiger partial charge on any atom is 0.226 e. The first-order valence-corrected chi connectivity index (χ1v) is 6.14. The van der Waals surface area contributed by atoms with Crippen LogP contribution in [0.15, 0.2) is 0 Å². The molecule has 1 N–H and O–H groups in total. The van der Waals surface area contributed by atoms with Gasteiger partial charge in [-0.05, 0) is 32.7 Å². The van der Waals surface area contributed by atoms with Gasteiger partial charge in [0.15, 0.2) is 0 Å². The Hall–Kier alpha value is -0.570. The van der Waals surface area contributed by atoms with Gasteiger partial charge in [0.2, 0.25) is 5.91 Å². The van der Waals surface area contributed by atoms with E-state index in [2.05, 4.69) is 19.2 Å². The second kappa shape index (κ2) is 6.11. The highest BCUT2D eigenvalue weighted by molar-refractivity contribution is 5.79. The average molecular weight is 212 g/mol. The van der Waals surface area contributed by atoms with E-state index in [1.165, 1.54) is 0 Å². The fourth-order valence-electron chi connectivity index (χ4n) is 2.18. The standard InChI is InChI=1S/C12H24N2O/c1-4-6-10(2)14(3)12(15)11-7-5-8-13-9-11/h10-11,13H,4-9H2,1-3H3/t10?,11-/m0/s1. The Balaban J connectivity index is 2.43. The van der Waals surface area contributed by atoms with Crippen molar-refractivity contribution in [1.29, 1.82) is 0 Å². The molecule has 88 valence electrons. The van der Waals surface area contributed by atoms with Gasteiger partial charge in [-0.2, -0.15) is 0 Å². The van der Waals surface area contributed by atoms with Gasteiger partial charge in [0.05, 0.1) is 5.92 Å². The van der Waals surface area contributed by atoms with Gasteiger partial charge in [0.1, 0.15) is 0 Å². The number of piperidine rings is 1. The molecule has 3 nitrogen and oxygen atoms in total. The van der Waals surface area contributed by atoms with Crippen LogP contribution >= 0.6 is 0 Å². The van der Waals surface area contributed by atoms with Crippen LogP contribution in [-0.2, 0) is 4.79 Å². The van der Waals surface area contributed by atoms with Crippen molar-refractivity contribution < 1.29 is 4.79 Å². The molecule has 0 radical (unpaired) electrons. The lowest BCUT2D eigenvalue weighted by molar-refractivity contribution is -0.136. The summed E-state index contributed by atoms with van der Waals surface area (Å²) in [6.07, 6.45) is 4.42. The molecule has 1 rings (SSSR count). The van der Waals surface area contributed by atoms with E-state index in [0.717, 1.165) is 38.8 Å². The number of rotatable bonds is 4. The first-order valence-electron chi connectivity index (χ1n) is 6.14. The minimum absolute atomic E-state index is 0.211. The molecule has 1 saturated heterocycles. The largest absolute Gasteiger partial charge is 0.343 e. The number of carbonyl (C=O) groups excluding carboxylic acids is 1. The SMILES string of the molecule is CCCC(C)N(C)C(=O)[C@H]1CCCNC1. The van der Waals surface area contributed by atoms with Crippen LogP contribution in [0, 0.1) is 5.92 Å². The van der Waals surface area contributed by atoms with Crippen LogP contribution in [0.5, 0.6) is 0 Å². The highest BCUT2D eigenvalue weighted by atomic mass is 16.2. The molecule has 1 amide bonds. The molecule has 0 aromatic heterocycles. The molecular formula is C12H24N2O. The van der Waals surface area contributed by atoms with Crippen molar-refractivity contribution >= 4 is 5.91 Å². The topological polar surface area (TPSA) is 32.3 Å². The third kappa shape index (κ3) is 3.49. The summed E-state index contributed by atoms with van der Waals surface area (Å²) in [4.78, 5) is 14.0. The smallest absolute Gasteiger partial charge is 0.226 e. The summed E-state index contributed by atoms with van der Waals surface area (Å²) in [5.74, 6) is 0.534. The van der Waals surface area contributed by atoms with E-state index in [-0.39, 0.29) is 5.92 Å². The van der Waals surface area contributed by atoms with Crippen LogP contribution in [-0.4, -0.2) is 37.0 Å². The van der Waals surface area contributed by atoms with Crippen LogP contribution in [0.1, 0.15) is 39.5 Å². The van der Waals surface area contributed by atoms with Crippen molar-refractivity contribution in [2.24, 2.45) is 5.92 Å². The molecule has 0 saturated carbocycles. The lowest BCUT2D eigenvalue weighted by Gasteiger charge is -2.30. The summed E-state index contributed by atoms with van der Waals surface area (Å²) in [5.41, 5.74) is 0. The molecule has 3 heteroatoms. The molecule has 15 heavy (non-hydrogen) atoms. The van der Waals surface area contributed by atoms with E-state index in [4.69, 9.17) is 0 Å². The molecule has 1 heterocycles. The number of nitrogens with zero attached hydrogens (tertiary/aromatic N) is 1. The molecule has 0 bridgehead atoms. The molecule has 0 aromatic carbocycles. The molecule has 1 aliphatic rings.